The quantitative estimate of drug-likeness (QED) is 0.921. The Hall–Kier alpha value is -2.69. The molecule has 0 aliphatic carbocycles. The topological polar surface area (TPSA) is 56.8 Å². The third-order valence-electron chi connectivity index (χ3n) is 3.59. The molecule has 1 aliphatic rings. The molecule has 1 aliphatic heterocycles. The molecule has 0 aromatic heterocycles. The van der Waals surface area contributed by atoms with Crippen LogP contribution >= 0.6 is 0 Å². The first-order valence-electron chi connectivity index (χ1n) is 7.58. The number of amides is 1. The molecule has 23 heavy (non-hydrogen) atoms. The summed E-state index contributed by atoms with van der Waals surface area (Å²) in [7, 11) is 0. The highest BCUT2D eigenvalue weighted by Crippen LogP contribution is 2.31. The summed E-state index contributed by atoms with van der Waals surface area (Å²) in [5.74, 6) is 1.91. The zero-order valence-electron chi connectivity index (χ0n) is 12.9. The van der Waals surface area contributed by atoms with Crippen LogP contribution in [0.3, 0.4) is 0 Å². The molecule has 0 fully saturated rings. The van der Waals surface area contributed by atoms with Gasteiger partial charge in [0.15, 0.2) is 24.2 Å². The molecule has 1 heterocycles. The summed E-state index contributed by atoms with van der Waals surface area (Å²) >= 11 is 0. The molecular weight excluding hydrogens is 294 g/mol. The lowest BCUT2D eigenvalue weighted by Gasteiger charge is -2.30. The minimum absolute atomic E-state index is 0.0292. The summed E-state index contributed by atoms with van der Waals surface area (Å²) < 4.78 is 17.0. The summed E-state index contributed by atoms with van der Waals surface area (Å²) in [6.45, 7) is 2.26. The van der Waals surface area contributed by atoms with Crippen molar-refractivity contribution in [2.45, 2.75) is 19.1 Å². The fraction of sp³-hybridized carbons (Fsp3) is 0.278. The number of nitrogens with one attached hydrogen (secondary N) is 1. The average Bonchev–Trinajstić information content (AvgIpc) is 2.60. The van der Waals surface area contributed by atoms with Crippen molar-refractivity contribution in [1.82, 2.24) is 5.32 Å². The zero-order chi connectivity index (χ0) is 16.1. The third-order valence-corrected chi connectivity index (χ3v) is 3.59. The van der Waals surface area contributed by atoms with Gasteiger partial charge in [-0.05, 0) is 31.2 Å². The van der Waals surface area contributed by atoms with Crippen LogP contribution in [-0.2, 0) is 4.79 Å². The van der Waals surface area contributed by atoms with Gasteiger partial charge in [0.2, 0.25) is 0 Å². The summed E-state index contributed by atoms with van der Waals surface area (Å²) in [4.78, 5) is 12.0. The SMILES string of the molecule is C[C@H](NC(=O)COc1ccccc1)[C@@H]1COc2ccccc2O1. The van der Waals surface area contributed by atoms with Crippen LogP contribution in [0.4, 0.5) is 0 Å². The van der Waals surface area contributed by atoms with Crippen LogP contribution in [0.1, 0.15) is 6.92 Å². The second-order valence-corrected chi connectivity index (χ2v) is 5.37. The van der Waals surface area contributed by atoms with Crippen molar-refractivity contribution >= 4 is 5.91 Å². The molecule has 5 nitrogen and oxygen atoms in total. The molecule has 0 spiro atoms. The van der Waals surface area contributed by atoms with Crippen LogP contribution in [0.5, 0.6) is 17.2 Å². The average molecular weight is 313 g/mol. The molecular formula is C18H19NO4. The molecule has 2 aromatic carbocycles. The molecule has 3 rings (SSSR count). The van der Waals surface area contributed by atoms with Crippen molar-refractivity contribution < 1.29 is 19.0 Å². The van der Waals surface area contributed by atoms with Gasteiger partial charge in [0.1, 0.15) is 12.4 Å². The number of fused-ring (bicyclic) bond motifs is 1. The van der Waals surface area contributed by atoms with Gasteiger partial charge in [-0.3, -0.25) is 4.79 Å². The second kappa shape index (κ2) is 7.05. The Labute approximate surface area is 135 Å². The summed E-state index contributed by atoms with van der Waals surface area (Å²) in [6, 6.07) is 16.6. The van der Waals surface area contributed by atoms with Crippen LogP contribution in [0, 0.1) is 0 Å². The van der Waals surface area contributed by atoms with E-state index in [4.69, 9.17) is 14.2 Å². The molecule has 120 valence electrons. The number of rotatable bonds is 5. The van der Waals surface area contributed by atoms with E-state index in [1.54, 1.807) is 0 Å². The van der Waals surface area contributed by atoms with Gasteiger partial charge in [-0.15, -0.1) is 0 Å². The Balaban J connectivity index is 1.49. The van der Waals surface area contributed by atoms with Gasteiger partial charge in [0, 0.05) is 0 Å². The van der Waals surface area contributed by atoms with Gasteiger partial charge < -0.3 is 19.5 Å². The van der Waals surface area contributed by atoms with E-state index in [0.717, 1.165) is 5.75 Å². The highest BCUT2D eigenvalue weighted by molar-refractivity contribution is 5.77. The lowest BCUT2D eigenvalue weighted by Crippen LogP contribution is -2.49. The first-order valence-corrected chi connectivity index (χ1v) is 7.58. The molecule has 1 N–H and O–H groups in total. The minimum atomic E-state index is -0.231. The Kier molecular flexibility index (Phi) is 4.66. The molecule has 5 heteroatoms. The van der Waals surface area contributed by atoms with Gasteiger partial charge in [-0.2, -0.15) is 0 Å². The van der Waals surface area contributed by atoms with E-state index < -0.39 is 0 Å². The molecule has 0 saturated carbocycles. The predicted molar refractivity (Wildman–Crippen MR) is 85.9 cm³/mol. The van der Waals surface area contributed by atoms with Crippen molar-refractivity contribution in [3.05, 3.63) is 54.6 Å². The van der Waals surface area contributed by atoms with Crippen molar-refractivity contribution in [3.8, 4) is 17.2 Å². The van der Waals surface area contributed by atoms with Gasteiger partial charge in [0.05, 0.1) is 6.04 Å². The van der Waals surface area contributed by atoms with Gasteiger partial charge in [-0.1, -0.05) is 30.3 Å². The summed E-state index contributed by atoms with van der Waals surface area (Å²) in [5, 5.41) is 2.88. The van der Waals surface area contributed by atoms with E-state index in [1.165, 1.54) is 0 Å². The van der Waals surface area contributed by atoms with Crippen molar-refractivity contribution in [2.75, 3.05) is 13.2 Å². The third kappa shape index (κ3) is 3.94. The summed E-state index contributed by atoms with van der Waals surface area (Å²) in [6.07, 6.45) is -0.231. The number of hydrogen-bond donors (Lipinski definition) is 1. The van der Waals surface area contributed by atoms with Crippen LogP contribution in [0.2, 0.25) is 0 Å². The van der Waals surface area contributed by atoms with E-state index in [-0.39, 0.29) is 24.7 Å². The molecule has 0 bridgehead atoms. The Morgan fingerprint density at radius 1 is 1.17 bits per heavy atom. The Morgan fingerprint density at radius 3 is 2.65 bits per heavy atom. The van der Waals surface area contributed by atoms with E-state index in [2.05, 4.69) is 5.32 Å². The highest BCUT2D eigenvalue weighted by atomic mass is 16.6. The van der Waals surface area contributed by atoms with Gasteiger partial charge in [-0.25, -0.2) is 0 Å². The van der Waals surface area contributed by atoms with Crippen molar-refractivity contribution in [1.29, 1.82) is 0 Å². The maximum Gasteiger partial charge on any atom is 0.258 e. The number of benzene rings is 2. The molecule has 0 unspecified atom stereocenters. The smallest absolute Gasteiger partial charge is 0.258 e. The lowest BCUT2D eigenvalue weighted by molar-refractivity contribution is -0.124. The van der Waals surface area contributed by atoms with E-state index in [1.807, 2.05) is 61.5 Å². The molecule has 0 radical (unpaired) electrons. The molecule has 0 saturated heterocycles. The van der Waals surface area contributed by atoms with Crippen LogP contribution in [-0.4, -0.2) is 31.3 Å². The van der Waals surface area contributed by atoms with E-state index in [9.17, 15) is 4.79 Å². The number of carbonyl (C=O) groups is 1. The largest absolute Gasteiger partial charge is 0.486 e. The van der Waals surface area contributed by atoms with Gasteiger partial charge in [0.25, 0.3) is 5.91 Å². The minimum Gasteiger partial charge on any atom is -0.486 e. The molecule has 2 aromatic rings. The number of carbonyl (C=O) groups excluding carboxylic acids is 1. The lowest BCUT2D eigenvalue weighted by atomic mass is 10.1. The Morgan fingerprint density at radius 2 is 1.87 bits per heavy atom. The van der Waals surface area contributed by atoms with Crippen molar-refractivity contribution in [2.24, 2.45) is 0 Å². The van der Waals surface area contributed by atoms with E-state index >= 15 is 0 Å². The van der Waals surface area contributed by atoms with Crippen molar-refractivity contribution in [3.63, 3.8) is 0 Å². The predicted octanol–water partition coefficient (Wildman–Crippen LogP) is 2.41. The standard InChI is InChI=1S/C18H19NO4/c1-13(17-11-22-15-9-5-6-10-16(15)23-17)19-18(20)12-21-14-7-3-2-4-8-14/h2-10,13,17H,11-12H2,1H3,(H,19,20)/t13-,17-/m0/s1. The second-order valence-electron chi connectivity index (χ2n) is 5.37. The number of para-hydroxylation sites is 3. The first kappa shape index (κ1) is 15.2. The van der Waals surface area contributed by atoms with Gasteiger partial charge >= 0.3 is 0 Å². The normalized spacial score (nSPS) is 17.2. The first-order chi connectivity index (χ1) is 11.2. The fourth-order valence-corrected chi connectivity index (χ4v) is 2.34. The highest BCUT2D eigenvalue weighted by Gasteiger charge is 2.27. The number of ether oxygens (including phenoxy) is 3. The summed E-state index contributed by atoms with van der Waals surface area (Å²) in [5.41, 5.74) is 0. The van der Waals surface area contributed by atoms with Crippen LogP contribution in [0.15, 0.2) is 54.6 Å². The molecule has 2 atom stereocenters. The number of hydrogen-bond acceptors (Lipinski definition) is 4. The maximum absolute atomic E-state index is 12.0. The van der Waals surface area contributed by atoms with E-state index in [0.29, 0.717) is 18.1 Å². The molecule has 1 amide bonds. The van der Waals surface area contributed by atoms with Crippen LogP contribution < -0.4 is 19.5 Å². The Bertz CT molecular complexity index is 659. The zero-order valence-corrected chi connectivity index (χ0v) is 12.9. The fourth-order valence-electron chi connectivity index (χ4n) is 2.34. The monoisotopic (exact) mass is 313 g/mol. The maximum atomic E-state index is 12.0. The van der Waals surface area contributed by atoms with Crippen LogP contribution in [0.25, 0.3) is 0 Å².